The Morgan fingerprint density at radius 2 is 1.96 bits per heavy atom. The predicted octanol–water partition coefficient (Wildman–Crippen LogP) is 4.68. The first-order chi connectivity index (χ1) is 12.1. The molecule has 0 unspecified atom stereocenters. The average molecular weight is 355 g/mol. The Morgan fingerprint density at radius 3 is 2.76 bits per heavy atom. The van der Waals surface area contributed by atoms with Gasteiger partial charge in [0.1, 0.15) is 22.7 Å². The van der Waals surface area contributed by atoms with Crippen molar-refractivity contribution in [3.8, 4) is 17.1 Å². The van der Waals surface area contributed by atoms with Crippen molar-refractivity contribution in [2.75, 3.05) is 0 Å². The van der Waals surface area contributed by atoms with Crippen molar-refractivity contribution in [1.29, 1.82) is 0 Å². The highest BCUT2D eigenvalue weighted by molar-refractivity contribution is 7.18. The van der Waals surface area contributed by atoms with Crippen LogP contribution in [0.4, 0.5) is 4.39 Å². The van der Waals surface area contributed by atoms with Crippen LogP contribution >= 0.6 is 11.3 Å². The molecule has 0 fully saturated rings. The van der Waals surface area contributed by atoms with E-state index >= 15 is 0 Å². The number of aromatic nitrogens is 3. The molecule has 4 rings (SSSR count). The number of benzene rings is 1. The van der Waals surface area contributed by atoms with Crippen molar-refractivity contribution in [2.24, 2.45) is 0 Å². The average Bonchev–Trinajstić information content (AvgIpc) is 3.19. The fourth-order valence-electron chi connectivity index (χ4n) is 2.54. The van der Waals surface area contributed by atoms with Crippen molar-refractivity contribution in [2.45, 2.75) is 20.5 Å². The molecular weight excluding hydrogens is 341 g/mol. The van der Waals surface area contributed by atoms with E-state index in [1.807, 2.05) is 6.92 Å². The van der Waals surface area contributed by atoms with Gasteiger partial charge in [-0.25, -0.2) is 14.4 Å². The van der Waals surface area contributed by atoms with Gasteiger partial charge in [0.25, 0.3) is 0 Å². The quantitative estimate of drug-likeness (QED) is 0.532. The lowest BCUT2D eigenvalue weighted by Gasteiger charge is -2.04. The van der Waals surface area contributed by atoms with Crippen LogP contribution in [0.5, 0.6) is 5.88 Å². The molecule has 0 saturated carbocycles. The minimum Gasteiger partial charge on any atom is -0.469 e. The second-order valence-corrected chi connectivity index (χ2v) is 6.82. The van der Waals surface area contributed by atoms with Crippen LogP contribution in [-0.4, -0.2) is 15.1 Å². The highest BCUT2D eigenvalue weighted by Gasteiger charge is 2.14. The van der Waals surface area contributed by atoms with Crippen molar-refractivity contribution in [1.82, 2.24) is 15.1 Å². The summed E-state index contributed by atoms with van der Waals surface area (Å²) in [5, 5.41) is 4.94. The molecule has 25 heavy (non-hydrogen) atoms. The summed E-state index contributed by atoms with van der Waals surface area (Å²) < 4.78 is 24.1. The van der Waals surface area contributed by atoms with Crippen LogP contribution in [0.1, 0.15) is 16.2 Å². The fraction of sp³-hybridized carbons (Fsp3) is 0.167. The van der Waals surface area contributed by atoms with E-state index in [1.165, 1.54) is 23.3 Å². The van der Waals surface area contributed by atoms with E-state index in [1.54, 1.807) is 29.5 Å². The number of rotatable bonds is 4. The fourth-order valence-corrected chi connectivity index (χ4v) is 3.52. The third kappa shape index (κ3) is 2.98. The summed E-state index contributed by atoms with van der Waals surface area (Å²) >= 11 is 1.62. The van der Waals surface area contributed by atoms with Gasteiger partial charge in [0.15, 0.2) is 12.4 Å². The number of hydrogen-bond acceptors (Lipinski definition) is 6. The summed E-state index contributed by atoms with van der Waals surface area (Å²) in [6.07, 6.45) is 1.50. The molecule has 3 aromatic heterocycles. The van der Waals surface area contributed by atoms with E-state index in [0.29, 0.717) is 17.3 Å². The lowest BCUT2D eigenvalue weighted by Crippen LogP contribution is -1.97. The molecule has 0 bridgehead atoms. The zero-order valence-corrected chi connectivity index (χ0v) is 14.4. The second-order valence-electron chi connectivity index (χ2n) is 5.62. The summed E-state index contributed by atoms with van der Waals surface area (Å²) in [6.45, 7) is 4.29. The summed E-state index contributed by atoms with van der Waals surface area (Å²) in [7, 11) is 0. The van der Waals surface area contributed by atoms with Gasteiger partial charge in [-0.3, -0.25) is 0 Å². The van der Waals surface area contributed by atoms with Crippen LogP contribution in [0, 0.1) is 19.7 Å². The van der Waals surface area contributed by atoms with Crippen molar-refractivity contribution in [3.63, 3.8) is 0 Å². The molecule has 4 aromatic rings. The molecule has 1 aromatic carbocycles. The highest BCUT2D eigenvalue weighted by Crippen LogP contribution is 2.34. The standard InChI is InChI=1S/C18H14FN3O2S/c1-10-11(2)25-18-16(10)17(20-9-21-18)23-8-14-7-15(22-24-14)12-3-5-13(19)6-4-12/h3-7,9H,8H2,1-2H3. The maximum absolute atomic E-state index is 13.0. The highest BCUT2D eigenvalue weighted by atomic mass is 32.1. The molecule has 0 N–H and O–H groups in total. The van der Waals surface area contributed by atoms with Crippen molar-refractivity contribution >= 4 is 21.6 Å². The van der Waals surface area contributed by atoms with E-state index in [2.05, 4.69) is 22.0 Å². The van der Waals surface area contributed by atoms with Gasteiger partial charge in [0.2, 0.25) is 5.88 Å². The Labute approximate surface area is 147 Å². The Balaban J connectivity index is 1.55. The molecule has 126 valence electrons. The third-order valence-corrected chi connectivity index (χ3v) is 5.10. The molecule has 5 nitrogen and oxygen atoms in total. The number of halogens is 1. The number of fused-ring (bicyclic) bond motifs is 1. The van der Waals surface area contributed by atoms with Gasteiger partial charge in [-0.2, -0.15) is 0 Å². The number of hydrogen-bond donors (Lipinski definition) is 0. The van der Waals surface area contributed by atoms with Crippen LogP contribution in [0.2, 0.25) is 0 Å². The lowest BCUT2D eigenvalue weighted by molar-refractivity contribution is 0.244. The molecule has 0 aliphatic rings. The summed E-state index contributed by atoms with van der Waals surface area (Å²) in [5.41, 5.74) is 2.54. The van der Waals surface area contributed by atoms with Crippen molar-refractivity contribution < 1.29 is 13.7 Å². The number of aryl methyl sites for hydroxylation is 2. The van der Waals surface area contributed by atoms with E-state index < -0.39 is 0 Å². The first-order valence-electron chi connectivity index (χ1n) is 7.67. The molecule has 0 saturated heterocycles. The van der Waals surface area contributed by atoms with E-state index in [0.717, 1.165) is 21.3 Å². The first-order valence-corrected chi connectivity index (χ1v) is 8.48. The maximum atomic E-state index is 13.0. The molecule has 0 atom stereocenters. The second kappa shape index (κ2) is 6.25. The largest absolute Gasteiger partial charge is 0.469 e. The van der Waals surface area contributed by atoms with Gasteiger partial charge < -0.3 is 9.26 Å². The van der Waals surface area contributed by atoms with E-state index in [9.17, 15) is 4.39 Å². The molecule has 0 radical (unpaired) electrons. The van der Waals surface area contributed by atoms with Gasteiger partial charge in [-0.1, -0.05) is 5.16 Å². The number of nitrogens with zero attached hydrogens (tertiary/aromatic N) is 3. The summed E-state index contributed by atoms with van der Waals surface area (Å²) in [5.74, 6) is 0.812. The molecule has 0 aliphatic heterocycles. The molecule has 7 heteroatoms. The number of thiophene rings is 1. The predicted molar refractivity (Wildman–Crippen MR) is 93.1 cm³/mol. The smallest absolute Gasteiger partial charge is 0.226 e. The zero-order chi connectivity index (χ0) is 17.4. The van der Waals surface area contributed by atoms with Crippen molar-refractivity contribution in [3.05, 3.63) is 58.7 Å². The van der Waals surface area contributed by atoms with Gasteiger partial charge in [0.05, 0.1) is 5.39 Å². The normalized spacial score (nSPS) is 11.2. The van der Waals surface area contributed by atoms with Gasteiger partial charge in [-0.15, -0.1) is 11.3 Å². The maximum Gasteiger partial charge on any atom is 0.226 e. The topological polar surface area (TPSA) is 61.0 Å². The Hall–Kier alpha value is -2.80. The van der Waals surface area contributed by atoms with Gasteiger partial charge in [0, 0.05) is 16.5 Å². The molecule has 0 spiro atoms. The molecule has 0 amide bonds. The van der Waals surface area contributed by atoms with Gasteiger partial charge >= 0.3 is 0 Å². The summed E-state index contributed by atoms with van der Waals surface area (Å²) in [6, 6.07) is 7.86. The Bertz CT molecular complexity index is 1040. The van der Waals surface area contributed by atoms with Crippen LogP contribution in [0.15, 0.2) is 41.2 Å². The van der Waals surface area contributed by atoms with Gasteiger partial charge in [-0.05, 0) is 43.7 Å². The Kier molecular flexibility index (Phi) is 3.93. The monoisotopic (exact) mass is 355 g/mol. The van der Waals surface area contributed by atoms with E-state index in [4.69, 9.17) is 9.26 Å². The lowest BCUT2D eigenvalue weighted by atomic mass is 10.1. The van der Waals surface area contributed by atoms with E-state index in [-0.39, 0.29) is 12.4 Å². The SMILES string of the molecule is Cc1sc2ncnc(OCc3cc(-c4ccc(F)cc4)no3)c2c1C. The summed E-state index contributed by atoms with van der Waals surface area (Å²) in [4.78, 5) is 10.6. The molecular formula is C18H14FN3O2S. The Morgan fingerprint density at radius 1 is 1.16 bits per heavy atom. The minimum absolute atomic E-state index is 0.203. The zero-order valence-electron chi connectivity index (χ0n) is 13.6. The minimum atomic E-state index is -0.287. The molecule has 3 heterocycles. The van der Waals surface area contributed by atoms with Crippen LogP contribution in [0.25, 0.3) is 21.5 Å². The van der Waals surface area contributed by atoms with Crippen LogP contribution in [0.3, 0.4) is 0 Å². The first kappa shape index (κ1) is 15.7. The van der Waals surface area contributed by atoms with Crippen LogP contribution in [-0.2, 0) is 6.61 Å². The van der Waals surface area contributed by atoms with Crippen LogP contribution < -0.4 is 4.74 Å². The number of ether oxygens (including phenoxy) is 1. The third-order valence-electron chi connectivity index (χ3n) is 3.98. The molecule has 0 aliphatic carbocycles.